The average Bonchev–Trinajstić information content (AvgIpc) is 2.69. The van der Waals surface area contributed by atoms with Crippen LogP contribution in [0.15, 0.2) is 18.2 Å². The lowest BCUT2D eigenvalue weighted by Crippen LogP contribution is -1.93. The van der Waals surface area contributed by atoms with Crippen LogP contribution >= 0.6 is 11.7 Å². The van der Waals surface area contributed by atoms with Crippen molar-refractivity contribution in [3.05, 3.63) is 29.6 Å². The van der Waals surface area contributed by atoms with Crippen molar-refractivity contribution in [2.75, 3.05) is 12.4 Å². The van der Waals surface area contributed by atoms with E-state index in [0.717, 1.165) is 22.9 Å². The van der Waals surface area contributed by atoms with Crippen LogP contribution in [0.3, 0.4) is 0 Å². The molecule has 0 atom stereocenters. The molecule has 0 aliphatic rings. The van der Waals surface area contributed by atoms with Gasteiger partial charge in [0.05, 0.1) is 11.7 Å². The Hall–Kier alpha value is -1.49. The second kappa shape index (κ2) is 3.94. The Balaban J connectivity index is 2.58. The van der Waals surface area contributed by atoms with Crippen molar-refractivity contribution < 1.29 is 4.39 Å². The molecular formula is C10H10FN3S. The SMILES string of the molecule is CNc1nsnc1-c1cc(F)ccc1C. The van der Waals surface area contributed by atoms with Crippen molar-refractivity contribution in [1.82, 2.24) is 8.75 Å². The maximum Gasteiger partial charge on any atom is 0.167 e. The zero-order valence-electron chi connectivity index (χ0n) is 8.41. The summed E-state index contributed by atoms with van der Waals surface area (Å²) in [6.07, 6.45) is 0. The molecule has 0 aliphatic carbocycles. The summed E-state index contributed by atoms with van der Waals surface area (Å²) >= 11 is 1.12. The summed E-state index contributed by atoms with van der Waals surface area (Å²) in [4.78, 5) is 0. The third-order valence-corrected chi connectivity index (χ3v) is 2.71. The molecule has 2 aromatic rings. The van der Waals surface area contributed by atoms with Gasteiger partial charge in [-0.25, -0.2) is 4.39 Å². The summed E-state index contributed by atoms with van der Waals surface area (Å²) in [6, 6.07) is 4.66. The number of anilines is 1. The smallest absolute Gasteiger partial charge is 0.167 e. The molecule has 15 heavy (non-hydrogen) atoms. The normalized spacial score (nSPS) is 10.3. The molecule has 0 bridgehead atoms. The molecule has 0 aliphatic heterocycles. The topological polar surface area (TPSA) is 37.8 Å². The first kappa shape index (κ1) is 10.0. The van der Waals surface area contributed by atoms with Gasteiger partial charge in [-0.2, -0.15) is 8.75 Å². The van der Waals surface area contributed by atoms with Gasteiger partial charge in [0.1, 0.15) is 11.5 Å². The highest BCUT2D eigenvalue weighted by Gasteiger charge is 2.11. The van der Waals surface area contributed by atoms with Crippen LogP contribution in [0.2, 0.25) is 0 Å². The molecule has 0 saturated heterocycles. The summed E-state index contributed by atoms with van der Waals surface area (Å²) in [7, 11) is 1.77. The molecule has 0 fully saturated rings. The number of hydrogen-bond acceptors (Lipinski definition) is 4. The van der Waals surface area contributed by atoms with Crippen molar-refractivity contribution in [3.63, 3.8) is 0 Å². The lowest BCUT2D eigenvalue weighted by molar-refractivity contribution is 0.628. The molecule has 0 spiro atoms. The Labute approximate surface area is 91.3 Å². The van der Waals surface area contributed by atoms with Gasteiger partial charge in [0.25, 0.3) is 0 Å². The summed E-state index contributed by atoms with van der Waals surface area (Å²) in [5.41, 5.74) is 2.48. The largest absolute Gasteiger partial charge is 0.370 e. The number of aromatic nitrogens is 2. The van der Waals surface area contributed by atoms with Crippen LogP contribution < -0.4 is 5.32 Å². The predicted molar refractivity (Wildman–Crippen MR) is 59.6 cm³/mol. The van der Waals surface area contributed by atoms with Gasteiger partial charge in [0.15, 0.2) is 5.82 Å². The van der Waals surface area contributed by atoms with Crippen molar-refractivity contribution >= 4 is 17.5 Å². The number of aryl methyl sites for hydroxylation is 1. The second-order valence-corrected chi connectivity index (χ2v) is 3.70. The Morgan fingerprint density at radius 3 is 2.87 bits per heavy atom. The van der Waals surface area contributed by atoms with Gasteiger partial charge in [0.2, 0.25) is 0 Å². The fourth-order valence-electron chi connectivity index (χ4n) is 1.38. The standard InChI is InChI=1S/C10H10FN3S/c1-6-3-4-7(11)5-8(6)9-10(12-2)14-15-13-9/h3-5H,1-2H3,(H,12,14). The molecule has 3 nitrogen and oxygen atoms in total. The molecular weight excluding hydrogens is 213 g/mol. The first-order chi connectivity index (χ1) is 7.22. The van der Waals surface area contributed by atoms with Crippen LogP contribution in [0, 0.1) is 12.7 Å². The maximum absolute atomic E-state index is 13.1. The van der Waals surface area contributed by atoms with Crippen molar-refractivity contribution in [2.45, 2.75) is 6.92 Å². The monoisotopic (exact) mass is 223 g/mol. The number of rotatable bonds is 2. The second-order valence-electron chi connectivity index (χ2n) is 3.17. The Bertz CT molecular complexity index is 481. The van der Waals surface area contributed by atoms with Crippen LogP contribution in [0.25, 0.3) is 11.3 Å². The highest BCUT2D eigenvalue weighted by atomic mass is 32.1. The van der Waals surface area contributed by atoms with Crippen LogP contribution in [0.1, 0.15) is 5.56 Å². The number of hydrogen-bond donors (Lipinski definition) is 1. The van der Waals surface area contributed by atoms with Crippen molar-refractivity contribution in [2.24, 2.45) is 0 Å². The molecule has 2 rings (SSSR count). The van der Waals surface area contributed by atoms with E-state index in [1.807, 2.05) is 6.92 Å². The summed E-state index contributed by atoms with van der Waals surface area (Å²) < 4.78 is 21.3. The highest BCUT2D eigenvalue weighted by Crippen LogP contribution is 2.28. The van der Waals surface area contributed by atoms with Gasteiger partial charge in [-0.1, -0.05) is 6.07 Å². The van der Waals surface area contributed by atoms with Crippen LogP contribution in [0.5, 0.6) is 0 Å². The Kier molecular flexibility index (Phi) is 2.64. The first-order valence-electron chi connectivity index (χ1n) is 4.49. The fourth-order valence-corrected chi connectivity index (χ4v) is 1.95. The number of nitrogens with one attached hydrogen (secondary N) is 1. The molecule has 1 aromatic heterocycles. The summed E-state index contributed by atoms with van der Waals surface area (Å²) in [6.45, 7) is 1.92. The lowest BCUT2D eigenvalue weighted by Gasteiger charge is -2.04. The van der Waals surface area contributed by atoms with E-state index in [2.05, 4.69) is 14.1 Å². The minimum atomic E-state index is -0.259. The summed E-state index contributed by atoms with van der Waals surface area (Å²) in [5, 5.41) is 2.94. The molecule has 0 radical (unpaired) electrons. The number of halogens is 1. The van der Waals surface area contributed by atoms with Gasteiger partial charge < -0.3 is 5.32 Å². The molecule has 5 heteroatoms. The van der Waals surface area contributed by atoms with Gasteiger partial charge in [-0.3, -0.25) is 0 Å². The number of benzene rings is 1. The van der Waals surface area contributed by atoms with E-state index < -0.39 is 0 Å². The Morgan fingerprint density at radius 1 is 1.33 bits per heavy atom. The van der Waals surface area contributed by atoms with E-state index >= 15 is 0 Å². The zero-order chi connectivity index (χ0) is 10.8. The van der Waals surface area contributed by atoms with E-state index in [4.69, 9.17) is 0 Å². The van der Waals surface area contributed by atoms with Gasteiger partial charge in [-0.15, -0.1) is 0 Å². The first-order valence-corrected chi connectivity index (χ1v) is 5.22. The molecule has 1 heterocycles. The third-order valence-electron chi connectivity index (χ3n) is 2.18. The van der Waals surface area contributed by atoms with E-state index in [0.29, 0.717) is 11.5 Å². The van der Waals surface area contributed by atoms with E-state index in [1.54, 1.807) is 13.1 Å². The predicted octanol–water partition coefficient (Wildman–Crippen LogP) is 2.69. The molecule has 0 unspecified atom stereocenters. The van der Waals surface area contributed by atoms with Gasteiger partial charge in [-0.05, 0) is 24.6 Å². The summed E-state index contributed by atoms with van der Waals surface area (Å²) in [5.74, 6) is 0.430. The third kappa shape index (κ3) is 1.83. The fraction of sp³-hybridized carbons (Fsp3) is 0.200. The average molecular weight is 223 g/mol. The molecule has 1 N–H and O–H groups in total. The van der Waals surface area contributed by atoms with Crippen LogP contribution in [-0.2, 0) is 0 Å². The zero-order valence-corrected chi connectivity index (χ0v) is 9.23. The van der Waals surface area contributed by atoms with E-state index in [9.17, 15) is 4.39 Å². The number of nitrogens with zero attached hydrogens (tertiary/aromatic N) is 2. The minimum absolute atomic E-state index is 0.259. The van der Waals surface area contributed by atoms with Crippen LogP contribution in [-0.4, -0.2) is 15.8 Å². The van der Waals surface area contributed by atoms with E-state index in [1.165, 1.54) is 12.1 Å². The molecule has 78 valence electrons. The highest BCUT2D eigenvalue weighted by molar-refractivity contribution is 6.99. The van der Waals surface area contributed by atoms with Crippen molar-refractivity contribution in [1.29, 1.82) is 0 Å². The maximum atomic E-state index is 13.1. The lowest BCUT2D eigenvalue weighted by atomic mass is 10.1. The van der Waals surface area contributed by atoms with E-state index in [-0.39, 0.29) is 5.82 Å². The minimum Gasteiger partial charge on any atom is -0.370 e. The quantitative estimate of drug-likeness (QED) is 0.850. The van der Waals surface area contributed by atoms with Gasteiger partial charge in [0, 0.05) is 12.6 Å². The molecule has 1 aromatic carbocycles. The van der Waals surface area contributed by atoms with Crippen molar-refractivity contribution in [3.8, 4) is 11.3 Å². The van der Waals surface area contributed by atoms with Crippen LogP contribution in [0.4, 0.5) is 10.2 Å². The molecule has 0 amide bonds. The molecule has 0 saturated carbocycles. The van der Waals surface area contributed by atoms with Gasteiger partial charge >= 0.3 is 0 Å². The Morgan fingerprint density at radius 2 is 2.13 bits per heavy atom.